The van der Waals surface area contributed by atoms with Crippen LogP contribution in [0.15, 0.2) is 53.2 Å². The van der Waals surface area contributed by atoms with E-state index in [2.05, 4.69) is 0 Å². The molecule has 32 heavy (non-hydrogen) atoms. The number of halogens is 2. The molecule has 2 aromatic carbocycles. The highest BCUT2D eigenvalue weighted by Crippen LogP contribution is 2.35. The minimum absolute atomic E-state index is 0.209. The molecule has 1 aliphatic rings. The highest BCUT2D eigenvalue weighted by Gasteiger charge is 2.36. The molecule has 0 N–H and O–H groups in total. The number of carbonyl (C=O) groups excluding carboxylic acids is 2. The third-order valence-electron chi connectivity index (χ3n) is 5.25. The highest BCUT2D eigenvalue weighted by molar-refractivity contribution is 6.43. The predicted octanol–water partition coefficient (Wildman–Crippen LogP) is 4.93. The molecule has 0 unspecified atom stereocenters. The predicted molar refractivity (Wildman–Crippen MR) is 124 cm³/mol. The molecular formula is C24H23Cl2NO5. The van der Waals surface area contributed by atoms with Gasteiger partial charge in [0.05, 0.1) is 42.5 Å². The first kappa shape index (κ1) is 23.7. The van der Waals surface area contributed by atoms with Gasteiger partial charge in [0, 0.05) is 12.2 Å². The van der Waals surface area contributed by atoms with Crippen LogP contribution in [0.1, 0.15) is 18.1 Å². The average Bonchev–Trinajstić information content (AvgIpc) is 3.03. The second-order valence-electron chi connectivity index (χ2n) is 7.05. The molecule has 168 valence electrons. The van der Waals surface area contributed by atoms with Crippen molar-refractivity contribution in [2.24, 2.45) is 0 Å². The second-order valence-corrected chi connectivity index (χ2v) is 7.83. The lowest BCUT2D eigenvalue weighted by Crippen LogP contribution is -2.27. The van der Waals surface area contributed by atoms with Gasteiger partial charge in [0.15, 0.2) is 11.5 Å². The Morgan fingerprint density at radius 3 is 2.44 bits per heavy atom. The monoisotopic (exact) mass is 475 g/mol. The summed E-state index contributed by atoms with van der Waals surface area (Å²) in [6, 6.07) is 10.7. The summed E-state index contributed by atoms with van der Waals surface area (Å²) in [5.41, 5.74) is 2.44. The third kappa shape index (κ3) is 4.61. The maximum Gasteiger partial charge on any atom is 0.340 e. The summed E-state index contributed by atoms with van der Waals surface area (Å²) in [6.07, 6.45) is 2.12. The van der Waals surface area contributed by atoms with Crippen molar-refractivity contribution in [1.82, 2.24) is 4.90 Å². The van der Waals surface area contributed by atoms with Gasteiger partial charge in [0.2, 0.25) is 0 Å². The molecule has 0 radical (unpaired) electrons. The Balaban J connectivity index is 1.93. The van der Waals surface area contributed by atoms with Crippen LogP contribution in [0.4, 0.5) is 0 Å². The smallest absolute Gasteiger partial charge is 0.340 e. The first-order chi connectivity index (χ1) is 15.3. The van der Waals surface area contributed by atoms with Gasteiger partial charge in [-0.2, -0.15) is 0 Å². The van der Waals surface area contributed by atoms with Gasteiger partial charge in [-0.25, -0.2) is 4.79 Å². The number of esters is 1. The van der Waals surface area contributed by atoms with Crippen molar-refractivity contribution in [3.63, 3.8) is 0 Å². The van der Waals surface area contributed by atoms with Crippen LogP contribution in [0.5, 0.6) is 11.5 Å². The lowest BCUT2D eigenvalue weighted by molar-refractivity contribution is -0.136. The highest BCUT2D eigenvalue weighted by atomic mass is 35.5. The van der Waals surface area contributed by atoms with Gasteiger partial charge in [-0.3, -0.25) is 4.79 Å². The fourth-order valence-electron chi connectivity index (χ4n) is 3.56. The SMILES string of the molecule is COC(=O)C1=C(C)N(CCc2ccc(OC)c(OC)c2)C(=O)/C1=C\c1cccc(Cl)c1Cl. The van der Waals surface area contributed by atoms with E-state index in [0.29, 0.717) is 45.8 Å². The van der Waals surface area contributed by atoms with Crippen LogP contribution in [0.3, 0.4) is 0 Å². The summed E-state index contributed by atoms with van der Waals surface area (Å²) in [6.45, 7) is 2.08. The minimum Gasteiger partial charge on any atom is -0.493 e. The fraction of sp³-hybridized carbons (Fsp3) is 0.250. The zero-order valence-corrected chi connectivity index (χ0v) is 19.7. The normalized spacial score (nSPS) is 14.9. The number of methoxy groups -OCH3 is 3. The van der Waals surface area contributed by atoms with E-state index in [1.807, 2.05) is 18.2 Å². The zero-order valence-electron chi connectivity index (χ0n) is 18.2. The molecule has 1 amide bonds. The van der Waals surface area contributed by atoms with Crippen molar-refractivity contribution in [1.29, 1.82) is 0 Å². The Hall–Kier alpha value is -2.96. The number of hydrogen-bond donors (Lipinski definition) is 0. The minimum atomic E-state index is -0.589. The van der Waals surface area contributed by atoms with E-state index >= 15 is 0 Å². The average molecular weight is 476 g/mol. The number of rotatable bonds is 7. The van der Waals surface area contributed by atoms with E-state index in [-0.39, 0.29) is 17.1 Å². The lowest BCUT2D eigenvalue weighted by atomic mass is 10.0. The molecule has 0 atom stereocenters. The summed E-state index contributed by atoms with van der Waals surface area (Å²) in [5.74, 6) is 0.339. The van der Waals surface area contributed by atoms with Crippen molar-refractivity contribution in [2.45, 2.75) is 13.3 Å². The Bertz CT molecular complexity index is 1120. The number of hydrogen-bond acceptors (Lipinski definition) is 5. The molecule has 6 nitrogen and oxygen atoms in total. The first-order valence-electron chi connectivity index (χ1n) is 9.80. The number of carbonyl (C=O) groups is 2. The second kappa shape index (κ2) is 10.1. The van der Waals surface area contributed by atoms with Crippen molar-refractivity contribution in [3.8, 4) is 11.5 Å². The Labute approximate surface area is 197 Å². The molecule has 8 heteroatoms. The van der Waals surface area contributed by atoms with Gasteiger partial charge >= 0.3 is 5.97 Å². The molecular weight excluding hydrogens is 453 g/mol. The number of ether oxygens (including phenoxy) is 3. The molecule has 0 fully saturated rings. The molecule has 0 bridgehead atoms. The van der Waals surface area contributed by atoms with E-state index in [1.54, 1.807) is 50.3 Å². The quantitative estimate of drug-likeness (QED) is 0.419. The first-order valence-corrected chi connectivity index (χ1v) is 10.6. The summed E-state index contributed by atoms with van der Waals surface area (Å²) in [5, 5.41) is 0.664. The zero-order chi connectivity index (χ0) is 23.4. The third-order valence-corrected chi connectivity index (χ3v) is 6.09. The van der Waals surface area contributed by atoms with Crippen molar-refractivity contribution in [2.75, 3.05) is 27.9 Å². The van der Waals surface area contributed by atoms with Crippen LogP contribution in [0.2, 0.25) is 10.0 Å². The number of allylic oxidation sites excluding steroid dienone is 1. The van der Waals surface area contributed by atoms with Gasteiger partial charge in [0.25, 0.3) is 5.91 Å². The van der Waals surface area contributed by atoms with Gasteiger partial charge in [-0.15, -0.1) is 0 Å². The number of benzene rings is 2. The summed E-state index contributed by atoms with van der Waals surface area (Å²) < 4.78 is 15.6. The summed E-state index contributed by atoms with van der Waals surface area (Å²) >= 11 is 12.4. The molecule has 0 saturated heterocycles. The summed E-state index contributed by atoms with van der Waals surface area (Å²) in [4.78, 5) is 27.3. The van der Waals surface area contributed by atoms with Crippen molar-refractivity contribution in [3.05, 3.63) is 74.4 Å². The van der Waals surface area contributed by atoms with Crippen molar-refractivity contribution < 1.29 is 23.8 Å². The largest absolute Gasteiger partial charge is 0.493 e. The molecule has 0 spiro atoms. The van der Waals surface area contributed by atoms with E-state index in [0.717, 1.165) is 5.56 Å². The molecule has 2 aromatic rings. The van der Waals surface area contributed by atoms with Crippen LogP contribution >= 0.6 is 23.2 Å². The number of nitrogens with zero attached hydrogens (tertiary/aromatic N) is 1. The standard InChI is InChI=1S/C24H23Cl2NO5/c1-14-21(24(29)32-4)17(13-16-6-5-7-18(25)22(16)26)23(28)27(14)11-10-15-8-9-19(30-2)20(12-15)31-3/h5-9,12-13H,10-11H2,1-4H3/b17-13-. The molecule has 3 rings (SSSR count). The van der Waals surface area contributed by atoms with Gasteiger partial charge < -0.3 is 19.1 Å². The lowest BCUT2D eigenvalue weighted by Gasteiger charge is -2.18. The van der Waals surface area contributed by atoms with E-state index in [1.165, 1.54) is 7.11 Å². The van der Waals surface area contributed by atoms with Crippen molar-refractivity contribution >= 4 is 41.2 Å². The maximum absolute atomic E-state index is 13.3. The van der Waals surface area contributed by atoms with Crippen LogP contribution in [0.25, 0.3) is 6.08 Å². The summed E-state index contributed by atoms with van der Waals surface area (Å²) in [7, 11) is 4.42. The molecule has 0 aromatic heterocycles. The van der Waals surface area contributed by atoms with E-state index in [9.17, 15) is 9.59 Å². The topological polar surface area (TPSA) is 65.1 Å². The van der Waals surface area contributed by atoms with Gasteiger partial charge in [0.1, 0.15) is 0 Å². The fourth-order valence-corrected chi connectivity index (χ4v) is 3.92. The Kier molecular flexibility index (Phi) is 7.48. The van der Waals surface area contributed by atoms with Gasteiger partial charge in [-0.05, 0) is 48.7 Å². The van der Waals surface area contributed by atoms with Gasteiger partial charge in [-0.1, -0.05) is 41.4 Å². The van der Waals surface area contributed by atoms with E-state index < -0.39 is 5.97 Å². The van der Waals surface area contributed by atoms with Crippen LogP contribution in [-0.2, 0) is 20.7 Å². The molecule has 1 heterocycles. The molecule has 1 aliphatic heterocycles. The Morgan fingerprint density at radius 2 is 1.78 bits per heavy atom. The van der Waals surface area contributed by atoms with Crippen LogP contribution in [-0.4, -0.2) is 44.7 Å². The Morgan fingerprint density at radius 1 is 1.06 bits per heavy atom. The van der Waals surface area contributed by atoms with E-state index in [4.69, 9.17) is 37.4 Å². The maximum atomic E-state index is 13.3. The number of amides is 1. The molecule has 0 aliphatic carbocycles. The van der Waals surface area contributed by atoms with Crippen LogP contribution < -0.4 is 9.47 Å². The van der Waals surface area contributed by atoms with Crippen LogP contribution in [0, 0.1) is 0 Å². The molecule has 0 saturated carbocycles.